The highest BCUT2D eigenvalue weighted by Gasteiger charge is 2.22. The summed E-state index contributed by atoms with van der Waals surface area (Å²) in [6.45, 7) is 6.93. The molecule has 2 heterocycles. The molecule has 2 N–H and O–H groups in total. The number of pyridine rings is 1. The summed E-state index contributed by atoms with van der Waals surface area (Å²) in [6.07, 6.45) is 6.65. The Balaban J connectivity index is 1.80. The average molecular weight is 515 g/mol. The van der Waals surface area contributed by atoms with Crippen LogP contribution < -0.4 is 10.6 Å². The molecular formula is C30H31FN4O3. The molecule has 196 valence electrons. The van der Waals surface area contributed by atoms with Gasteiger partial charge in [-0.15, -0.1) is 0 Å². The molecule has 0 fully saturated rings. The quantitative estimate of drug-likeness (QED) is 0.306. The van der Waals surface area contributed by atoms with Gasteiger partial charge in [0.2, 0.25) is 5.91 Å². The molecule has 0 unspecified atom stereocenters. The van der Waals surface area contributed by atoms with Gasteiger partial charge in [0.25, 0.3) is 0 Å². The van der Waals surface area contributed by atoms with Crippen molar-refractivity contribution in [3.63, 3.8) is 0 Å². The average Bonchev–Trinajstić information content (AvgIpc) is 3.16. The third-order valence-corrected chi connectivity index (χ3v) is 5.88. The van der Waals surface area contributed by atoms with Gasteiger partial charge in [0.1, 0.15) is 18.0 Å². The lowest BCUT2D eigenvalue weighted by molar-refractivity contribution is -0.115. The van der Waals surface area contributed by atoms with E-state index < -0.39 is 11.7 Å². The van der Waals surface area contributed by atoms with E-state index in [1.807, 2.05) is 50.4 Å². The number of hydrogen-bond donors (Lipinski definition) is 2. The molecule has 0 aliphatic heterocycles. The van der Waals surface area contributed by atoms with Crippen LogP contribution in [0.1, 0.15) is 33.3 Å². The largest absolute Gasteiger partial charge is 0.444 e. The number of ether oxygens (including phenoxy) is 1. The number of carbonyl (C=O) groups excluding carboxylic acids is 2. The molecule has 0 aliphatic rings. The zero-order chi connectivity index (χ0) is 27.4. The van der Waals surface area contributed by atoms with Crippen molar-refractivity contribution in [3.8, 4) is 22.4 Å². The summed E-state index contributed by atoms with van der Waals surface area (Å²) < 4.78 is 21.0. The molecule has 2 aromatic heterocycles. The van der Waals surface area contributed by atoms with Gasteiger partial charge in [0, 0.05) is 36.0 Å². The number of allylic oxidation sites excluding steroid dienone is 1. The Labute approximate surface area is 221 Å². The Kier molecular flexibility index (Phi) is 7.62. The standard InChI is InChI=1S/C30H31FN4O3/c1-6-7-22-24(34-25(36)18-33-29(37)38-30(2,3)4)13-12-23-26(19-14-16-32-17-15-19)27(35(5)28(22)23)20-8-10-21(31)11-9-20/h6-17H,18H2,1-5H3,(H,33,37)(H,34,36)/b7-6+. The van der Waals surface area contributed by atoms with Crippen LogP contribution >= 0.6 is 0 Å². The Hall–Kier alpha value is -4.46. The number of alkyl carbamates (subject to hydrolysis) is 1. The molecule has 0 bridgehead atoms. The molecule has 2 aromatic carbocycles. The summed E-state index contributed by atoms with van der Waals surface area (Å²) >= 11 is 0. The summed E-state index contributed by atoms with van der Waals surface area (Å²) in [6, 6.07) is 14.1. The number of benzene rings is 2. The van der Waals surface area contributed by atoms with Gasteiger partial charge >= 0.3 is 6.09 Å². The number of aromatic nitrogens is 2. The Morgan fingerprint density at radius 1 is 1.03 bits per heavy atom. The first kappa shape index (κ1) is 26.6. The second kappa shape index (κ2) is 10.9. The SMILES string of the molecule is C/C=C/c1c(NC(=O)CNC(=O)OC(C)(C)C)ccc2c(-c3ccncc3)c(-c3ccc(F)cc3)n(C)c12. The summed E-state index contributed by atoms with van der Waals surface area (Å²) in [5, 5.41) is 6.37. The van der Waals surface area contributed by atoms with Gasteiger partial charge in [-0.25, -0.2) is 9.18 Å². The zero-order valence-corrected chi connectivity index (χ0v) is 22.1. The van der Waals surface area contributed by atoms with Crippen LogP contribution in [-0.4, -0.2) is 33.7 Å². The van der Waals surface area contributed by atoms with Crippen LogP contribution in [0.25, 0.3) is 39.4 Å². The molecule has 4 rings (SSSR count). The van der Waals surface area contributed by atoms with E-state index in [-0.39, 0.29) is 18.3 Å². The van der Waals surface area contributed by atoms with Crippen molar-refractivity contribution in [3.05, 3.63) is 78.4 Å². The molecule has 8 heteroatoms. The summed E-state index contributed by atoms with van der Waals surface area (Å²) in [5.41, 5.74) is 5.35. The number of amides is 2. The van der Waals surface area contributed by atoms with Gasteiger partial charge in [0.05, 0.1) is 16.9 Å². The van der Waals surface area contributed by atoms with E-state index in [0.717, 1.165) is 38.9 Å². The topological polar surface area (TPSA) is 85.2 Å². The van der Waals surface area contributed by atoms with Gasteiger partial charge in [-0.05, 0) is 81.3 Å². The number of aryl methyl sites for hydroxylation is 1. The van der Waals surface area contributed by atoms with Crippen LogP contribution in [0.3, 0.4) is 0 Å². The van der Waals surface area contributed by atoms with Crippen LogP contribution in [0.15, 0.2) is 67.0 Å². The Bertz CT molecular complexity index is 1500. The number of halogens is 1. The van der Waals surface area contributed by atoms with Gasteiger partial charge in [-0.1, -0.05) is 18.2 Å². The van der Waals surface area contributed by atoms with E-state index in [9.17, 15) is 14.0 Å². The molecule has 0 saturated carbocycles. The molecule has 0 radical (unpaired) electrons. The fourth-order valence-corrected chi connectivity index (χ4v) is 4.44. The van der Waals surface area contributed by atoms with E-state index in [1.165, 1.54) is 12.1 Å². The van der Waals surface area contributed by atoms with E-state index in [4.69, 9.17) is 4.74 Å². The minimum atomic E-state index is -0.662. The van der Waals surface area contributed by atoms with E-state index in [2.05, 4.69) is 20.2 Å². The number of nitrogens with one attached hydrogen (secondary N) is 2. The van der Waals surface area contributed by atoms with Crippen LogP contribution in [-0.2, 0) is 16.6 Å². The maximum Gasteiger partial charge on any atom is 0.408 e. The fraction of sp³-hybridized carbons (Fsp3) is 0.233. The maximum atomic E-state index is 13.8. The van der Waals surface area contributed by atoms with E-state index >= 15 is 0 Å². The molecule has 0 spiro atoms. The van der Waals surface area contributed by atoms with Gasteiger partial charge < -0.3 is 19.9 Å². The third-order valence-electron chi connectivity index (χ3n) is 5.88. The van der Waals surface area contributed by atoms with Crippen molar-refractivity contribution in [1.29, 1.82) is 0 Å². The summed E-state index contributed by atoms with van der Waals surface area (Å²) in [7, 11) is 1.95. The minimum absolute atomic E-state index is 0.238. The molecule has 2 amide bonds. The van der Waals surface area contributed by atoms with Crippen LogP contribution in [0, 0.1) is 5.82 Å². The first-order chi connectivity index (χ1) is 18.1. The maximum absolute atomic E-state index is 13.8. The minimum Gasteiger partial charge on any atom is -0.444 e. The Morgan fingerprint density at radius 3 is 2.34 bits per heavy atom. The third kappa shape index (κ3) is 5.75. The zero-order valence-electron chi connectivity index (χ0n) is 22.1. The summed E-state index contributed by atoms with van der Waals surface area (Å²) in [4.78, 5) is 28.9. The smallest absolute Gasteiger partial charge is 0.408 e. The van der Waals surface area contributed by atoms with Crippen molar-refractivity contribution < 1.29 is 18.7 Å². The number of fused-ring (bicyclic) bond motifs is 1. The highest BCUT2D eigenvalue weighted by atomic mass is 19.1. The normalized spacial score (nSPS) is 11.6. The fourth-order valence-electron chi connectivity index (χ4n) is 4.44. The number of anilines is 1. The van der Waals surface area contributed by atoms with Crippen molar-refractivity contribution in [2.75, 3.05) is 11.9 Å². The second-order valence-electron chi connectivity index (χ2n) is 9.85. The second-order valence-corrected chi connectivity index (χ2v) is 9.85. The van der Waals surface area contributed by atoms with Crippen LogP contribution in [0.5, 0.6) is 0 Å². The van der Waals surface area contributed by atoms with E-state index in [1.54, 1.807) is 45.3 Å². The highest BCUT2D eigenvalue weighted by Crippen LogP contribution is 2.43. The predicted octanol–water partition coefficient (Wildman–Crippen LogP) is 6.54. The number of hydrogen-bond acceptors (Lipinski definition) is 4. The molecule has 38 heavy (non-hydrogen) atoms. The van der Waals surface area contributed by atoms with Crippen molar-refractivity contribution in [2.24, 2.45) is 7.05 Å². The van der Waals surface area contributed by atoms with Crippen LogP contribution in [0.4, 0.5) is 14.9 Å². The molecule has 4 aromatic rings. The summed E-state index contributed by atoms with van der Waals surface area (Å²) in [5.74, 6) is -0.694. The van der Waals surface area contributed by atoms with Gasteiger partial charge in [-0.3, -0.25) is 9.78 Å². The molecular weight excluding hydrogens is 483 g/mol. The highest BCUT2D eigenvalue weighted by molar-refractivity contribution is 6.10. The molecule has 0 saturated heterocycles. The number of carbonyl (C=O) groups is 2. The lowest BCUT2D eigenvalue weighted by Gasteiger charge is -2.19. The van der Waals surface area contributed by atoms with Gasteiger partial charge in [0.15, 0.2) is 0 Å². The van der Waals surface area contributed by atoms with Crippen molar-refractivity contribution in [2.45, 2.75) is 33.3 Å². The Morgan fingerprint density at radius 2 is 1.71 bits per heavy atom. The van der Waals surface area contributed by atoms with Crippen molar-refractivity contribution in [1.82, 2.24) is 14.9 Å². The number of rotatable bonds is 6. The first-order valence-electron chi connectivity index (χ1n) is 12.3. The lowest BCUT2D eigenvalue weighted by atomic mass is 9.97. The number of nitrogens with zero attached hydrogens (tertiary/aromatic N) is 2. The molecule has 0 aliphatic carbocycles. The van der Waals surface area contributed by atoms with E-state index in [0.29, 0.717) is 5.69 Å². The monoisotopic (exact) mass is 514 g/mol. The molecule has 7 nitrogen and oxygen atoms in total. The van der Waals surface area contributed by atoms with Gasteiger partial charge in [-0.2, -0.15) is 0 Å². The van der Waals surface area contributed by atoms with Crippen molar-refractivity contribution >= 4 is 34.7 Å². The van der Waals surface area contributed by atoms with Crippen LogP contribution in [0.2, 0.25) is 0 Å². The predicted molar refractivity (Wildman–Crippen MR) is 149 cm³/mol. The molecule has 0 atom stereocenters. The lowest BCUT2D eigenvalue weighted by Crippen LogP contribution is -2.37. The first-order valence-corrected chi connectivity index (χ1v) is 12.3.